The fourth-order valence-corrected chi connectivity index (χ4v) is 3.34. The molecule has 28 heavy (non-hydrogen) atoms. The number of hydrogen-bond donors (Lipinski definition) is 0. The van der Waals surface area contributed by atoms with Crippen molar-refractivity contribution in [2.45, 2.75) is 46.2 Å². The molecule has 0 atom stereocenters. The second-order valence-electron chi connectivity index (χ2n) is 7.30. The molecule has 7 nitrogen and oxygen atoms in total. The van der Waals surface area contributed by atoms with E-state index in [1.54, 1.807) is 7.11 Å². The molecule has 152 valence electrons. The zero-order valence-electron chi connectivity index (χ0n) is 16.9. The summed E-state index contributed by atoms with van der Waals surface area (Å²) in [6.07, 6.45) is 0.735. The van der Waals surface area contributed by atoms with Crippen molar-refractivity contribution in [3.8, 4) is 5.75 Å². The summed E-state index contributed by atoms with van der Waals surface area (Å²) in [5.41, 5.74) is 2.83. The van der Waals surface area contributed by atoms with E-state index in [1.165, 1.54) is 6.07 Å². The maximum absolute atomic E-state index is 12.0. The summed E-state index contributed by atoms with van der Waals surface area (Å²) in [7, 11) is 1.56. The summed E-state index contributed by atoms with van der Waals surface area (Å²) in [4.78, 5) is 26.1. The average molecular weight is 389 g/mol. The number of carbonyl (C=O) groups excluding carboxylic acids is 1. The third kappa shape index (κ3) is 4.36. The van der Waals surface area contributed by atoms with Crippen LogP contribution in [-0.4, -0.2) is 44.0 Å². The highest BCUT2D eigenvalue weighted by Gasteiger charge is 2.26. The molecule has 0 spiro atoms. The summed E-state index contributed by atoms with van der Waals surface area (Å²) >= 11 is 0. The first-order valence-corrected chi connectivity index (χ1v) is 9.51. The largest absolute Gasteiger partial charge is 0.477 e. The molecule has 0 amide bonds. The fraction of sp³-hybridized carbons (Fsp3) is 0.524. The van der Waals surface area contributed by atoms with Gasteiger partial charge in [-0.25, -0.2) is 4.79 Å². The van der Waals surface area contributed by atoms with Crippen LogP contribution in [0.5, 0.6) is 5.75 Å². The van der Waals surface area contributed by atoms with E-state index >= 15 is 0 Å². The molecule has 2 aromatic rings. The molecule has 1 aromatic heterocycles. The third-order valence-corrected chi connectivity index (χ3v) is 4.98. The lowest BCUT2D eigenvalue weighted by molar-refractivity contribution is -0.144. The monoisotopic (exact) mass is 389 g/mol. The summed E-state index contributed by atoms with van der Waals surface area (Å²) in [6, 6.07) is 3.74. The second kappa shape index (κ2) is 8.75. The van der Waals surface area contributed by atoms with E-state index < -0.39 is 0 Å². The number of aryl methyl sites for hydroxylation is 2. The SMILES string of the molecule is COCCOC(=O)CCc1cc2c(C)cc(=O)oc2c2c1OCN(C(C)C)C2. The molecule has 0 saturated heterocycles. The lowest BCUT2D eigenvalue weighted by Gasteiger charge is -2.33. The highest BCUT2D eigenvalue weighted by atomic mass is 16.6. The minimum Gasteiger partial charge on any atom is -0.477 e. The molecular formula is C21H27NO6. The number of benzene rings is 1. The van der Waals surface area contributed by atoms with Gasteiger partial charge in [-0.05, 0) is 44.4 Å². The average Bonchev–Trinajstić information content (AvgIpc) is 2.66. The van der Waals surface area contributed by atoms with Crippen molar-refractivity contribution < 1.29 is 23.4 Å². The van der Waals surface area contributed by atoms with Crippen LogP contribution in [0.15, 0.2) is 21.3 Å². The van der Waals surface area contributed by atoms with Crippen LogP contribution in [0.3, 0.4) is 0 Å². The van der Waals surface area contributed by atoms with E-state index in [9.17, 15) is 9.59 Å². The van der Waals surface area contributed by atoms with Crippen molar-refractivity contribution in [3.05, 3.63) is 39.2 Å². The highest BCUT2D eigenvalue weighted by Crippen LogP contribution is 2.37. The van der Waals surface area contributed by atoms with E-state index in [0.717, 1.165) is 22.1 Å². The number of ether oxygens (including phenoxy) is 3. The predicted octanol–water partition coefficient (Wildman–Crippen LogP) is 2.78. The highest BCUT2D eigenvalue weighted by molar-refractivity contribution is 5.86. The molecule has 1 aromatic carbocycles. The van der Waals surface area contributed by atoms with Crippen molar-refractivity contribution >= 4 is 16.9 Å². The third-order valence-electron chi connectivity index (χ3n) is 4.98. The van der Waals surface area contributed by atoms with Crippen LogP contribution in [0.4, 0.5) is 0 Å². The van der Waals surface area contributed by atoms with E-state index in [4.69, 9.17) is 18.6 Å². The molecule has 7 heteroatoms. The normalized spacial score (nSPS) is 14.2. The van der Waals surface area contributed by atoms with Gasteiger partial charge < -0.3 is 18.6 Å². The molecule has 2 heterocycles. The Morgan fingerprint density at radius 3 is 2.79 bits per heavy atom. The first-order valence-electron chi connectivity index (χ1n) is 9.51. The Balaban J connectivity index is 1.95. The molecule has 0 aliphatic carbocycles. The Morgan fingerprint density at radius 2 is 2.07 bits per heavy atom. The number of rotatable bonds is 7. The minimum absolute atomic E-state index is 0.245. The molecule has 0 unspecified atom stereocenters. The molecule has 0 bridgehead atoms. The van der Waals surface area contributed by atoms with Gasteiger partial charge in [0.15, 0.2) is 0 Å². The summed E-state index contributed by atoms with van der Waals surface area (Å²) < 4.78 is 21.6. The Bertz CT molecular complexity index is 917. The minimum atomic E-state index is -0.372. The number of fused-ring (bicyclic) bond motifs is 3. The van der Waals surface area contributed by atoms with Crippen LogP contribution in [0.25, 0.3) is 11.0 Å². The Kier molecular flexibility index (Phi) is 6.36. The van der Waals surface area contributed by atoms with Gasteiger partial charge in [0.05, 0.1) is 12.2 Å². The smallest absolute Gasteiger partial charge is 0.336 e. The van der Waals surface area contributed by atoms with Gasteiger partial charge in [0.2, 0.25) is 0 Å². The van der Waals surface area contributed by atoms with Gasteiger partial charge >= 0.3 is 11.6 Å². The van der Waals surface area contributed by atoms with Crippen LogP contribution in [0, 0.1) is 6.92 Å². The van der Waals surface area contributed by atoms with Crippen molar-refractivity contribution in [1.29, 1.82) is 0 Å². The summed E-state index contributed by atoms with van der Waals surface area (Å²) in [6.45, 7) is 7.78. The molecule has 3 rings (SSSR count). The van der Waals surface area contributed by atoms with Gasteiger partial charge in [-0.2, -0.15) is 0 Å². The Labute approximate surface area is 164 Å². The first kappa shape index (κ1) is 20.4. The molecule has 0 radical (unpaired) electrons. The van der Waals surface area contributed by atoms with Crippen LogP contribution in [0.2, 0.25) is 0 Å². The van der Waals surface area contributed by atoms with Crippen LogP contribution in [0.1, 0.15) is 37.0 Å². The van der Waals surface area contributed by atoms with Gasteiger partial charge in [0, 0.05) is 37.6 Å². The fourth-order valence-electron chi connectivity index (χ4n) is 3.34. The van der Waals surface area contributed by atoms with E-state index in [-0.39, 0.29) is 24.6 Å². The lowest BCUT2D eigenvalue weighted by Crippen LogP contribution is -2.37. The van der Waals surface area contributed by atoms with Gasteiger partial charge in [0.25, 0.3) is 0 Å². The summed E-state index contributed by atoms with van der Waals surface area (Å²) in [5.74, 6) is 0.435. The van der Waals surface area contributed by atoms with Crippen LogP contribution >= 0.6 is 0 Å². The van der Waals surface area contributed by atoms with Crippen LogP contribution in [-0.2, 0) is 27.2 Å². The number of hydrogen-bond acceptors (Lipinski definition) is 7. The Hall–Kier alpha value is -2.38. The van der Waals surface area contributed by atoms with Crippen LogP contribution < -0.4 is 10.4 Å². The summed E-state index contributed by atoms with van der Waals surface area (Å²) in [5, 5.41) is 0.871. The van der Waals surface area contributed by atoms with E-state index in [2.05, 4.69) is 18.7 Å². The van der Waals surface area contributed by atoms with Crippen molar-refractivity contribution in [1.82, 2.24) is 4.90 Å². The van der Waals surface area contributed by atoms with Gasteiger partial charge in [0.1, 0.15) is 24.7 Å². The quantitative estimate of drug-likeness (QED) is 0.409. The molecule has 1 aliphatic rings. The standard InChI is InChI=1S/C21H27NO6/c1-13(2)22-11-17-20(27-12-22)15(5-6-18(23)26-8-7-25-4)10-16-14(3)9-19(24)28-21(16)17/h9-10,13H,5-8,11-12H2,1-4H3. The maximum Gasteiger partial charge on any atom is 0.336 e. The Morgan fingerprint density at radius 1 is 1.29 bits per heavy atom. The number of methoxy groups -OCH3 is 1. The topological polar surface area (TPSA) is 78.2 Å². The molecule has 0 N–H and O–H groups in total. The van der Waals surface area contributed by atoms with Gasteiger partial charge in [-0.15, -0.1) is 0 Å². The molecule has 0 saturated carbocycles. The van der Waals surface area contributed by atoms with Gasteiger partial charge in [-0.1, -0.05) is 0 Å². The number of carbonyl (C=O) groups is 1. The zero-order valence-corrected chi connectivity index (χ0v) is 16.9. The van der Waals surface area contributed by atoms with Gasteiger partial charge in [-0.3, -0.25) is 9.69 Å². The maximum atomic E-state index is 12.0. The van der Waals surface area contributed by atoms with Crippen molar-refractivity contribution in [2.24, 2.45) is 0 Å². The molecular weight excluding hydrogens is 362 g/mol. The van der Waals surface area contributed by atoms with E-state index in [1.807, 2.05) is 13.0 Å². The number of esters is 1. The first-order chi connectivity index (χ1) is 13.4. The van der Waals surface area contributed by atoms with Crippen molar-refractivity contribution in [2.75, 3.05) is 27.1 Å². The second-order valence-corrected chi connectivity index (χ2v) is 7.30. The molecule has 1 aliphatic heterocycles. The molecule has 0 fully saturated rings. The zero-order chi connectivity index (χ0) is 20.3. The van der Waals surface area contributed by atoms with Crippen molar-refractivity contribution in [3.63, 3.8) is 0 Å². The number of nitrogens with zero attached hydrogens (tertiary/aromatic N) is 1. The van der Waals surface area contributed by atoms with E-state index in [0.29, 0.717) is 43.7 Å². The predicted molar refractivity (Wildman–Crippen MR) is 105 cm³/mol. The lowest BCUT2D eigenvalue weighted by atomic mass is 9.97.